The molecule has 2 aromatic rings. The van der Waals surface area contributed by atoms with E-state index in [2.05, 4.69) is 9.97 Å². The van der Waals surface area contributed by atoms with E-state index in [1.54, 1.807) is 7.11 Å². The fourth-order valence-corrected chi connectivity index (χ4v) is 1.77. The molecule has 2 N–H and O–H groups in total. The van der Waals surface area contributed by atoms with Gasteiger partial charge in [0, 0.05) is 13.5 Å². The molecular formula is C13H14N2O4. The minimum atomic E-state index is -1.07. The Bertz CT molecular complexity index is 678. The van der Waals surface area contributed by atoms with Gasteiger partial charge in [0.25, 0.3) is 5.56 Å². The molecule has 0 aliphatic rings. The third kappa shape index (κ3) is 2.79. The number of aromatic amines is 1. The van der Waals surface area contributed by atoms with Crippen molar-refractivity contribution in [1.82, 2.24) is 9.97 Å². The highest BCUT2D eigenvalue weighted by Gasteiger charge is 2.10. The van der Waals surface area contributed by atoms with Crippen molar-refractivity contribution in [2.45, 2.75) is 19.4 Å². The fourth-order valence-electron chi connectivity index (χ4n) is 1.77. The van der Waals surface area contributed by atoms with Crippen LogP contribution in [0, 0.1) is 0 Å². The predicted octanol–water partition coefficient (Wildman–Crippen LogP) is 1.20. The number of carboxylic acids is 1. The highest BCUT2D eigenvalue weighted by atomic mass is 16.5. The van der Waals surface area contributed by atoms with Crippen LogP contribution in [0.3, 0.4) is 0 Å². The predicted molar refractivity (Wildman–Crippen MR) is 69.5 cm³/mol. The molecule has 0 bridgehead atoms. The van der Waals surface area contributed by atoms with Gasteiger partial charge < -0.3 is 14.8 Å². The average Bonchev–Trinajstić information content (AvgIpc) is 2.38. The lowest BCUT2D eigenvalue weighted by molar-refractivity contribution is 0.0697. The third-order valence-electron chi connectivity index (χ3n) is 2.88. The maximum Gasteiger partial charge on any atom is 0.335 e. The number of methoxy groups -OCH3 is 1. The van der Waals surface area contributed by atoms with Crippen LogP contribution >= 0.6 is 0 Å². The summed E-state index contributed by atoms with van der Waals surface area (Å²) in [5, 5.41) is 9.16. The SMILES string of the molecule is COC(C)Cc1nc2ccc(C(=O)O)cc2c(=O)[nH]1. The summed E-state index contributed by atoms with van der Waals surface area (Å²) in [6, 6.07) is 4.29. The largest absolute Gasteiger partial charge is 0.478 e. The number of nitrogens with one attached hydrogen (secondary N) is 1. The molecule has 100 valence electrons. The summed E-state index contributed by atoms with van der Waals surface area (Å²) >= 11 is 0. The summed E-state index contributed by atoms with van der Waals surface area (Å²) in [5.41, 5.74) is 0.205. The first kappa shape index (κ1) is 13.2. The first-order valence-corrected chi connectivity index (χ1v) is 5.80. The number of fused-ring (bicyclic) bond motifs is 1. The van der Waals surface area contributed by atoms with Gasteiger partial charge in [-0.3, -0.25) is 4.79 Å². The Kier molecular flexibility index (Phi) is 3.62. The first-order valence-electron chi connectivity index (χ1n) is 5.80. The normalized spacial score (nSPS) is 12.5. The summed E-state index contributed by atoms with van der Waals surface area (Å²) in [5.74, 6) is -0.548. The van der Waals surface area contributed by atoms with E-state index in [0.717, 1.165) is 0 Å². The van der Waals surface area contributed by atoms with Crippen molar-refractivity contribution in [2.75, 3.05) is 7.11 Å². The maximum absolute atomic E-state index is 11.9. The van der Waals surface area contributed by atoms with Gasteiger partial charge in [0.1, 0.15) is 5.82 Å². The number of nitrogens with zero attached hydrogens (tertiary/aromatic N) is 1. The van der Waals surface area contributed by atoms with Crippen LogP contribution in [0.25, 0.3) is 10.9 Å². The van der Waals surface area contributed by atoms with Crippen LogP contribution in [-0.2, 0) is 11.2 Å². The van der Waals surface area contributed by atoms with Crippen molar-refractivity contribution in [1.29, 1.82) is 0 Å². The van der Waals surface area contributed by atoms with E-state index >= 15 is 0 Å². The molecule has 0 spiro atoms. The van der Waals surface area contributed by atoms with Crippen molar-refractivity contribution in [3.63, 3.8) is 0 Å². The molecule has 2 rings (SSSR count). The molecule has 0 amide bonds. The van der Waals surface area contributed by atoms with Crippen LogP contribution in [0.5, 0.6) is 0 Å². The topological polar surface area (TPSA) is 92.3 Å². The molecule has 1 atom stereocenters. The van der Waals surface area contributed by atoms with Gasteiger partial charge in [0.15, 0.2) is 0 Å². The molecule has 0 aliphatic carbocycles. The summed E-state index contributed by atoms with van der Waals surface area (Å²) in [6.07, 6.45) is 0.432. The molecule has 6 heteroatoms. The molecule has 1 aromatic heterocycles. The number of benzene rings is 1. The molecule has 19 heavy (non-hydrogen) atoms. The monoisotopic (exact) mass is 262 g/mol. The van der Waals surface area contributed by atoms with E-state index in [1.165, 1.54) is 18.2 Å². The van der Waals surface area contributed by atoms with E-state index in [9.17, 15) is 9.59 Å². The molecule has 0 saturated carbocycles. The minimum absolute atomic E-state index is 0.0566. The lowest BCUT2D eigenvalue weighted by Crippen LogP contribution is -2.17. The number of aromatic nitrogens is 2. The van der Waals surface area contributed by atoms with Gasteiger partial charge in [-0.15, -0.1) is 0 Å². The lowest BCUT2D eigenvalue weighted by atomic mass is 10.1. The minimum Gasteiger partial charge on any atom is -0.478 e. The second kappa shape index (κ2) is 5.19. The fraction of sp³-hybridized carbons (Fsp3) is 0.308. The number of hydrogen-bond acceptors (Lipinski definition) is 4. The third-order valence-corrected chi connectivity index (χ3v) is 2.88. The van der Waals surface area contributed by atoms with E-state index in [1.807, 2.05) is 6.92 Å². The molecule has 6 nitrogen and oxygen atoms in total. The van der Waals surface area contributed by atoms with Gasteiger partial charge >= 0.3 is 5.97 Å². The van der Waals surface area contributed by atoms with E-state index in [4.69, 9.17) is 9.84 Å². The smallest absolute Gasteiger partial charge is 0.335 e. The van der Waals surface area contributed by atoms with Crippen molar-refractivity contribution >= 4 is 16.9 Å². The van der Waals surface area contributed by atoms with Crippen LogP contribution < -0.4 is 5.56 Å². The number of carboxylic acid groups (broad SMARTS) is 1. The highest BCUT2D eigenvalue weighted by molar-refractivity contribution is 5.92. The van der Waals surface area contributed by atoms with Gasteiger partial charge in [-0.2, -0.15) is 0 Å². The number of ether oxygens (including phenoxy) is 1. The van der Waals surface area contributed by atoms with Gasteiger partial charge in [0.2, 0.25) is 0 Å². The molecule has 1 aromatic carbocycles. The molecular weight excluding hydrogens is 248 g/mol. The van der Waals surface area contributed by atoms with Crippen LogP contribution in [-0.4, -0.2) is 34.3 Å². The Morgan fingerprint density at radius 2 is 2.26 bits per heavy atom. The van der Waals surface area contributed by atoms with Crippen molar-refractivity contribution < 1.29 is 14.6 Å². The number of hydrogen-bond donors (Lipinski definition) is 2. The van der Waals surface area contributed by atoms with Crippen molar-refractivity contribution in [2.24, 2.45) is 0 Å². The van der Waals surface area contributed by atoms with Crippen LogP contribution in [0.2, 0.25) is 0 Å². The molecule has 0 aliphatic heterocycles. The van der Waals surface area contributed by atoms with E-state index in [-0.39, 0.29) is 22.6 Å². The lowest BCUT2D eigenvalue weighted by Gasteiger charge is -2.09. The molecule has 1 unspecified atom stereocenters. The first-order chi connectivity index (χ1) is 9.01. The summed E-state index contributed by atoms with van der Waals surface area (Å²) in [7, 11) is 1.59. The van der Waals surface area contributed by atoms with Gasteiger partial charge in [0.05, 0.1) is 22.6 Å². The maximum atomic E-state index is 11.9. The average molecular weight is 262 g/mol. The summed E-state index contributed by atoms with van der Waals surface area (Å²) in [6.45, 7) is 1.87. The number of H-pyrrole nitrogens is 1. The van der Waals surface area contributed by atoms with Gasteiger partial charge in [-0.1, -0.05) is 0 Å². The quantitative estimate of drug-likeness (QED) is 0.863. The molecule has 0 saturated heterocycles. The van der Waals surface area contributed by atoms with E-state index < -0.39 is 5.97 Å². The van der Waals surface area contributed by atoms with Gasteiger partial charge in [-0.25, -0.2) is 9.78 Å². The van der Waals surface area contributed by atoms with Crippen molar-refractivity contribution in [3.8, 4) is 0 Å². The zero-order valence-electron chi connectivity index (χ0n) is 10.6. The Balaban J connectivity index is 2.50. The second-order valence-electron chi connectivity index (χ2n) is 4.30. The zero-order valence-corrected chi connectivity index (χ0v) is 10.6. The Morgan fingerprint density at radius 3 is 2.89 bits per heavy atom. The van der Waals surface area contributed by atoms with Crippen molar-refractivity contribution in [3.05, 3.63) is 39.9 Å². The van der Waals surface area contributed by atoms with Crippen LogP contribution in [0.4, 0.5) is 0 Å². The number of rotatable bonds is 4. The van der Waals surface area contributed by atoms with E-state index in [0.29, 0.717) is 17.8 Å². The summed E-state index contributed by atoms with van der Waals surface area (Å²) < 4.78 is 5.12. The molecule has 0 fully saturated rings. The number of carbonyl (C=O) groups is 1. The Morgan fingerprint density at radius 1 is 1.53 bits per heavy atom. The molecule has 0 radical (unpaired) electrons. The second-order valence-corrected chi connectivity index (χ2v) is 4.30. The summed E-state index contributed by atoms with van der Waals surface area (Å²) in [4.78, 5) is 29.7. The standard InChI is InChI=1S/C13H14N2O4/c1-7(19-2)5-11-14-10-4-3-8(13(17)18)6-9(10)12(16)15-11/h3-4,6-7H,5H2,1-2H3,(H,17,18)(H,14,15,16). The highest BCUT2D eigenvalue weighted by Crippen LogP contribution is 2.11. The van der Waals surface area contributed by atoms with Crippen LogP contribution in [0.15, 0.2) is 23.0 Å². The Labute approximate surface area is 109 Å². The number of aromatic carboxylic acids is 1. The zero-order chi connectivity index (χ0) is 14.0. The van der Waals surface area contributed by atoms with Crippen LogP contribution in [0.1, 0.15) is 23.1 Å². The van der Waals surface area contributed by atoms with Gasteiger partial charge in [-0.05, 0) is 25.1 Å². The molecule has 1 heterocycles. The Hall–Kier alpha value is -2.21.